The second-order valence-corrected chi connectivity index (χ2v) is 13.8. The molecule has 39 heavy (non-hydrogen) atoms. The summed E-state index contributed by atoms with van der Waals surface area (Å²) in [6.45, 7) is 6.90. The minimum absolute atomic E-state index is 0.128. The number of anilines is 1. The van der Waals surface area contributed by atoms with Gasteiger partial charge < -0.3 is 5.11 Å². The number of aromatic carboxylic acids is 1. The van der Waals surface area contributed by atoms with E-state index in [0.717, 1.165) is 30.5 Å². The molecule has 0 saturated heterocycles. The minimum atomic E-state index is -3.74. The highest BCUT2D eigenvalue weighted by Gasteiger charge is 2.32. The van der Waals surface area contributed by atoms with Gasteiger partial charge in [0.05, 0.1) is 5.56 Å². The van der Waals surface area contributed by atoms with E-state index < -0.39 is 16.2 Å². The van der Waals surface area contributed by atoms with Crippen molar-refractivity contribution < 1.29 is 18.3 Å². The van der Waals surface area contributed by atoms with Gasteiger partial charge in [0.25, 0.3) is 0 Å². The van der Waals surface area contributed by atoms with Crippen molar-refractivity contribution in [2.75, 3.05) is 30.9 Å². The molecule has 2 N–H and O–H groups in total. The maximum atomic E-state index is 13.1. The second kappa shape index (κ2) is 14.1. The largest absolute Gasteiger partial charge is 0.478 e. The van der Waals surface area contributed by atoms with Crippen molar-refractivity contribution in [3.8, 4) is 0 Å². The lowest BCUT2D eigenvalue weighted by Crippen LogP contribution is -2.39. The molecule has 0 radical (unpaired) electrons. The summed E-state index contributed by atoms with van der Waals surface area (Å²) in [5.74, 6) is 0.839. The average molecular weight is 560 g/mol. The van der Waals surface area contributed by atoms with E-state index in [1.807, 2.05) is 0 Å². The molecule has 3 aliphatic rings. The summed E-state index contributed by atoms with van der Waals surface area (Å²) in [4.78, 5) is 13.7. The normalized spacial score (nSPS) is 24.7. The molecule has 2 aliphatic carbocycles. The van der Waals surface area contributed by atoms with E-state index in [1.54, 1.807) is 0 Å². The first-order valence-corrected chi connectivity index (χ1v) is 16.7. The zero-order valence-corrected chi connectivity index (χ0v) is 24.9. The number of nitrogens with zero attached hydrogens (tertiary/aromatic N) is 2. The number of carboxylic acids is 1. The third-order valence-electron chi connectivity index (χ3n) is 9.46. The molecule has 1 aromatic carbocycles. The van der Waals surface area contributed by atoms with Crippen molar-refractivity contribution >= 4 is 21.9 Å². The van der Waals surface area contributed by atoms with E-state index in [-0.39, 0.29) is 5.56 Å². The van der Waals surface area contributed by atoms with Gasteiger partial charge in [-0.15, -0.1) is 0 Å². The van der Waals surface area contributed by atoms with Gasteiger partial charge in [-0.05, 0) is 68.0 Å². The molecule has 1 aliphatic heterocycles. The SMILES string of the molecule is CCN(CC1=C(C)CN(S(=O)(=O)Nc2ccc(C(=O)O)cc2)C1)C1CCCC(C2CCCCCCC2)CCC1. The van der Waals surface area contributed by atoms with Crippen LogP contribution in [0.25, 0.3) is 0 Å². The van der Waals surface area contributed by atoms with Crippen LogP contribution in [0.3, 0.4) is 0 Å². The maximum Gasteiger partial charge on any atom is 0.335 e. The Bertz CT molecular complexity index is 1070. The van der Waals surface area contributed by atoms with Gasteiger partial charge in [0.15, 0.2) is 0 Å². The summed E-state index contributed by atoms with van der Waals surface area (Å²) >= 11 is 0. The molecule has 0 bridgehead atoms. The van der Waals surface area contributed by atoms with Crippen LogP contribution in [0.15, 0.2) is 35.4 Å². The first-order valence-electron chi connectivity index (χ1n) is 15.3. The van der Waals surface area contributed by atoms with Gasteiger partial charge in [-0.1, -0.05) is 83.1 Å². The summed E-state index contributed by atoms with van der Waals surface area (Å²) in [5, 5.41) is 9.08. The Morgan fingerprint density at radius 2 is 1.46 bits per heavy atom. The molecule has 0 unspecified atom stereocenters. The average Bonchev–Trinajstić information content (AvgIpc) is 3.24. The zero-order chi connectivity index (χ0) is 27.8. The highest BCUT2D eigenvalue weighted by molar-refractivity contribution is 7.90. The summed E-state index contributed by atoms with van der Waals surface area (Å²) in [6.07, 6.45) is 17.9. The minimum Gasteiger partial charge on any atom is -0.478 e. The van der Waals surface area contributed by atoms with E-state index in [0.29, 0.717) is 24.8 Å². The molecule has 8 heteroatoms. The fourth-order valence-electron chi connectivity index (χ4n) is 7.09. The van der Waals surface area contributed by atoms with Crippen LogP contribution in [-0.2, 0) is 10.2 Å². The van der Waals surface area contributed by atoms with Gasteiger partial charge in [0.2, 0.25) is 0 Å². The topological polar surface area (TPSA) is 90.0 Å². The van der Waals surface area contributed by atoms with E-state index >= 15 is 0 Å². The molecular weight excluding hydrogens is 510 g/mol. The molecule has 2 saturated carbocycles. The molecule has 1 heterocycles. The van der Waals surface area contributed by atoms with Gasteiger partial charge in [-0.2, -0.15) is 12.7 Å². The lowest BCUT2D eigenvalue weighted by atomic mass is 9.75. The van der Waals surface area contributed by atoms with Gasteiger partial charge >= 0.3 is 16.2 Å². The molecule has 0 amide bonds. The Morgan fingerprint density at radius 1 is 0.897 bits per heavy atom. The smallest absolute Gasteiger partial charge is 0.335 e. The highest BCUT2D eigenvalue weighted by atomic mass is 32.2. The lowest BCUT2D eigenvalue weighted by molar-refractivity contribution is 0.0697. The van der Waals surface area contributed by atoms with Crippen molar-refractivity contribution in [1.29, 1.82) is 0 Å². The first kappa shape index (κ1) is 30.1. The number of likely N-dealkylation sites (N-methyl/N-ethyl adjacent to an activating group) is 1. The van der Waals surface area contributed by atoms with Crippen LogP contribution < -0.4 is 4.72 Å². The van der Waals surface area contributed by atoms with Crippen LogP contribution in [0.2, 0.25) is 0 Å². The van der Waals surface area contributed by atoms with Crippen molar-refractivity contribution in [2.24, 2.45) is 11.8 Å². The second-order valence-electron chi connectivity index (χ2n) is 12.1. The van der Waals surface area contributed by atoms with E-state index in [9.17, 15) is 13.2 Å². The Labute approximate surface area is 236 Å². The summed E-state index contributed by atoms with van der Waals surface area (Å²) < 4.78 is 30.3. The number of carboxylic acid groups (broad SMARTS) is 1. The van der Waals surface area contributed by atoms with Crippen LogP contribution in [0.4, 0.5) is 5.69 Å². The van der Waals surface area contributed by atoms with Crippen LogP contribution in [0.1, 0.15) is 108 Å². The maximum absolute atomic E-state index is 13.1. The molecule has 1 aromatic rings. The van der Waals surface area contributed by atoms with Crippen LogP contribution >= 0.6 is 0 Å². The zero-order valence-electron chi connectivity index (χ0n) is 24.0. The molecule has 0 spiro atoms. The van der Waals surface area contributed by atoms with Crippen molar-refractivity contribution in [2.45, 2.75) is 103 Å². The van der Waals surface area contributed by atoms with E-state index in [2.05, 4.69) is 23.5 Å². The number of carbonyl (C=O) groups is 1. The first-order chi connectivity index (χ1) is 18.8. The van der Waals surface area contributed by atoms with E-state index in [1.165, 1.54) is 118 Å². The molecule has 4 rings (SSSR count). The van der Waals surface area contributed by atoms with Gasteiger partial charge in [-0.25, -0.2) is 4.79 Å². The molecule has 218 valence electrons. The fourth-order valence-corrected chi connectivity index (χ4v) is 8.34. The highest BCUT2D eigenvalue weighted by Crippen LogP contribution is 2.37. The Morgan fingerprint density at radius 3 is 2.03 bits per heavy atom. The predicted molar refractivity (Wildman–Crippen MR) is 158 cm³/mol. The van der Waals surface area contributed by atoms with E-state index in [4.69, 9.17) is 5.11 Å². The third-order valence-corrected chi connectivity index (χ3v) is 10.9. The number of benzene rings is 1. The van der Waals surface area contributed by atoms with Crippen LogP contribution in [0, 0.1) is 11.8 Å². The number of rotatable bonds is 9. The Balaban J connectivity index is 1.30. The summed E-state index contributed by atoms with van der Waals surface area (Å²) in [5.41, 5.74) is 2.84. The van der Waals surface area contributed by atoms with Crippen LogP contribution in [-0.4, -0.2) is 60.9 Å². The standard InChI is InChI=1S/C31H49N3O4S/c1-3-33(30-15-9-13-26(14-10-16-30)25-11-7-5-4-6-8-12-25)22-28-23-34(21-24(28)2)39(37,38)32-29-19-17-27(18-20-29)31(35)36/h17-20,25-26,30,32H,3-16,21-23H2,1-2H3,(H,35,36). The fraction of sp³-hybridized carbons (Fsp3) is 0.710. The number of hydrogen-bond donors (Lipinski definition) is 2. The monoisotopic (exact) mass is 559 g/mol. The molecule has 2 fully saturated rings. The molecule has 7 nitrogen and oxygen atoms in total. The van der Waals surface area contributed by atoms with Crippen molar-refractivity contribution in [1.82, 2.24) is 9.21 Å². The Hall–Kier alpha value is -1.90. The summed E-state index contributed by atoms with van der Waals surface area (Å²) in [7, 11) is -3.74. The predicted octanol–water partition coefficient (Wildman–Crippen LogP) is 6.70. The van der Waals surface area contributed by atoms with Crippen molar-refractivity contribution in [3.05, 3.63) is 41.0 Å². The van der Waals surface area contributed by atoms with Crippen molar-refractivity contribution in [3.63, 3.8) is 0 Å². The van der Waals surface area contributed by atoms with Gasteiger partial charge in [0.1, 0.15) is 0 Å². The quantitative estimate of drug-likeness (QED) is 0.329. The van der Waals surface area contributed by atoms with Gasteiger partial charge in [-0.3, -0.25) is 9.62 Å². The number of nitrogens with one attached hydrogen (secondary N) is 1. The lowest BCUT2D eigenvalue weighted by Gasteiger charge is -2.36. The third kappa shape index (κ3) is 8.30. The molecule has 0 aromatic heterocycles. The molecule has 0 atom stereocenters. The Kier molecular flexibility index (Phi) is 10.9. The summed E-state index contributed by atoms with van der Waals surface area (Å²) in [6, 6.07) is 6.38. The number of hydrogen-bond acceptors (Lipinski definition) is 4. The molecular formula is C31H49N3O4S. The van der Waals surface area contributed by atoms with Crippen LogP contribution in [0.5, 0.6) is 0 Å². The van der Waals surface area contributed by atoms with Gasteiger partial charge in [0, 0.05) is 31.4 Å².